The largest absolute Gasteiger partial charge is 0.457 e. The number of ether oxygens (including phenoxy) is 3. The molecular weight excluding hydrogens is 635 g/mol. The first-order valence-electron chi connectivity index (χ1n) is 16.6. The SMILES string of the molecule is CNc1c(Oc2ccccc2)ccc(N(Nc2cccc(Oc3ccccc3)c2)Nc2ccccc2Oc2ccccc2)c1Nc1ccccc1. The topological polar surface area (TPSA) is 79.1 Å². The number of nitrogens with one attached hydrogen (secondary N) is 4. The van der Waals surface area contributed by atoms with Gasteiger partial charge in [0.15, 0.2) is 11.5 Å². The fourth-order valence-electron chi connectivity index (χ4n) is 5.42. The quantitative estimate of drug-likeness (QED) is 0.0851. The van der Waals surface area contributed by atoms with E-state index in [4.69, 9.17) is 14.2 Å². The minimum absolute atomic E-state index is 0.645. The molecule has 7 aromatic carbocycles. The highest BCUT2D eigenvalue weighted by Gasteiger charge is 2.21. The van der Waals surface area contributed by atoms with Gasteiger partial charge >= 0.3 is 0 Å². The molecule has 0 saturated heterocycles. The fraction of sp³-hybridized carbons (Fsp3) is 0.0233. The highest BCUT2D eigenvalue weighted by atomic mass is 16.5. The zero-order chi connectivity index (χ0) is 34.7. The van der Waals surface area contributed by atoms with Crippen molar-refractivity contribution in [3.63, 3.8) is 0 Å². The molecular formula is C43H37N5O3. The summed E-state index contributed by atoms with van der Waals surface area (Å²) in [7, 11) is 1.88. The predicted molar refractivity (Wildman–Crippen MR) is 208 cm³/mol. The summed E-state index contributed by atoms with van der Waals surface area (Å²) in [6.07, 6.45) is 0. The van der Waals surface area contributed by atoms with Gasteiger partial charge in [0.2, 0.25) is 0 Å². The van der Waals surface area contributed by atoms with Crippen LogP contribution in [0.3, 0.4) is 0 Å². The normalized spacial score (nSPS) is 10.5. The van der Waals surface area contributed by atoms with Crippen molar-refractivity contribution >= 4 is 34.1 Å². The number of benzene rings is 7. The fourth-order valence-corrected chi connectivity index (χ4v) is 5.42. The first kappa shape index (κ1) is 32.5. The molecule has 0 aliphatic rings. The Morgan fingerprint density at radius 1 is 0.412 bits per heavy atom. The average Bonchev–Trinajstić information content (AvgIpc) is 3.17. The molecule has 4 N–H and O–H groups in total. The second kappa shape index (κ2) is 15.9. The maximum atomic E-state index is 6.41. The maximum Gasteiger partial charge on any atom is 0.152 e. The zero-order valence-electron chi connectivity index (χ0n) is 28.0. The Kier molecular flexibility index (Phi) is 10.1. The highest BCUT2D eigenvalue weighted by molar-refractivity contribution is 5.91. The van der Waals surface area contributed by atoms with Gasteiger partial charge in [0.25, 0.3) is 0 Å². The van der Waals surface area contributed by atoms with Crippen LogP contribution in [-0.4, -0.2) is 7.05 Å². The van der Waals surface area contributed by atoms with E-state index in [9.17, 15) is 0 Å². The van der Waals surface area contributed by atoms with Gasteiger partial charge in [-0.15, -0.1) is 0 Å². The summed E-state index contributed by atoms with van der Waals surface area (Å²) in [5, 5.41) is 8.90. The zero-order valence-corrected chi connectivity index (χ0v) is 28.0. The minimum atomic E-state index is 0.645. The van der Waals surface area contributed by atoms with Crippen molar-refractivity contribution in [3.8, 4) is 34.5 Å². The van der Waals surface area contributed by atoms with E-state index < -0.39 is 0 Å². The molecule has 8 nitrogen and oxygen atoms in total. The van der Waals surface area contributed by atoms with Gasteiger partial charge in [0.1, 0.15) is 34.4 Å². The summed E-state index contributed by atoms with van der Waals surface area (Å²) in [5.41, 5.74) is 11.9. The first-order valence-corrected chi connectivity index (χ1v) is 16.6. The monoisotopic (exact) mass is 671 g/mol. The molecule has 0 amide bonds. The van der Waals surface area contributed by atoms with Crippen molar-refractivity contribution in [3.05, 3.63) is 182 Å². The van der Waals surface area contributed by atoms with Crippen LogP contribution in [0.5, 0.6) is 34.5 Å². The number of hydrogen-bond donors (Lipinski definition) is 4. The Labute approximate surface area is 297 Å². The third-order valence-corrected chi connectivity index (χ3v) is 7.79. The molecule has 0 unspecified atom stereocenters. The minimum Gasteiger partial charge on any atom is -0.457 e. The van der Waals surface area contributed by atoms with Gasteiger partial charge < -0.3 is 24.8 Å². The number of rotatable bonds is 14. The van der Waals surface area contributed by atoms with E-state index >= 15 is 0 Å². The highest BCUT2D eigenvalue weighted by Crippen LogP contribution is 2.44. The molecule has 0 aliphatic heterocycles. The van der Waals surface area contributed by atoms with Gasteiger partial charge in [-0.2, -0.15) is 5.12 Å². The van der Waals surface area contributed by atoms with Crippen molar-refractivity contribution < 1.29 is 14.2 Å². The summed E-state index contributed by atoms with van der Waals surface area (Å²) < 4.78 is 18.9. The van der Waals surface area contributed by atoms with Crippen LogP contribution in [-0.2, 0) is 0 Å². The van der Waals surface area contributed by atoms with Crippen molar-refractivity contribution in [1.29, 1.82) is 0 Å². The van der Waals surface area contributed by atoms with E-state index in [0.29, 0.717) is 17.2 Å². The first-order chi connectivity index (χ1) is 25.2. The average molecular weight is 672 g/mol. The van der Waals surface area contributed by atoms with E-state index in [2.05, 4.69) is 21.5 Å². The van der Waals surface area contributed by atoms with Gasteiger partial charge in [0.05, 0.1) is 17.1 Å². The van der Waals surface area contributed by atoms with Crippen LogP contribution in [0.4, 0.5) is 34.1 Å². The van der Waals surface area contributed by atoms with E-state index in [-0.39, 0.29) is 0 Å². The molecule has 0 saturated carbocycles. The summed E-state index contributed by atoms with van der Waals surface area (Å²) in [6.45, 7) is 0. The van der Waals surface area contributed by atoms with Crippen molar-refractivity contribution in [2.45, 2.75) is 0 Å². The van der Waals surface area contributed by atoms with Gasteiger partial charge in [-0.3, -0.25) is 10.9 Å². The molecule has 0 aliphatic carbocycles. The van der Waals surface area contributed by atoms with Crippen molar-refractivity contribution in [2.24, 2.45) is 0 Å². The lowest BCUT2D eigenvalue weighted by atomic mass is 10.2. The van der Waals surface area contributed by atoms with Crippen LogP contribution < -0.4 is 40.8 Å². The van der Waals surface area contributed by atoms with Crippen LogP contribution >= 0.6 is 0 Å². The molecule has 0 radical (unpaired) electrons. The van der Waals surface area contributed by atoms with E-state index in [1.165, 1.54) is 0 Å². The molecule has 252 valence electrons. The number of hydrogen-bond acceptors (Lipinski definition) is 8. The lowest BCUT2D eigenvalue weighted by molar-refractivity contribution is 0.482. The molecule has 0 aromatic heterocycles. The smallest absolute Gasteiger partial charge is 0.152 e. The van der Waals surface area contributed by atoms with E-state index in [1.54, 1.807) is 0 Å². The molecule has 8 heteroatoms. The molecule has 7 rings (SSSR count). The van der Waals surface area contributed by atoms with Crippen molar-refractivity contribution in [2.75, 3.05) is 33.7 Å². The Morgan fingerprint density at radius 2 is 0.941 bits per heavy atom. The van der Waals surface area contributed by atoms with Crippen LogP contribution in [0, 0.1) is 0 Å². The Hall–Kier alpha value is -7.06. The molecule has 7 aromatic rings. The van der Waals surface area contributed by atoms with Gasteiger partial charge in [-0.05, 0) is 84.9 Å². The Balaban J connectivity index is 1.32. The Bertz CT molecular complexity index is 2150. The molecule has 0 spiro atoms. The van der Waals surface area contributed by atoms with Crippen LogP contribution in [0.2, 0.25) is 0 Å². The summed E-state index contributed by atoms with van der Waals surface area (Å²) >= 11 is 0. The predicted octanol–water partition coefficient (Wildman–Crippen LogP) is 11.7. The number of hydrazine groups is 2. The lowest BCUT2D eigenvalue weighted by Gasteiger charge is -2.31. The van der Waals surface area contributed by atoms with Gasteiger partial charge in [0, 0.05) is 18.8 Å². The summed E-state index contributed by atoms with van der Waals surface area (Å²) in [6, 6.07) is 58.7. The van der Waals surface area contributed by atoms with Gasteiger partial charge in [-0.25, -0.2) is 0 Å². The molecule has 0 fully saturated rings. The molecule has 0 atom stereocenters. The molecule has 0 heterocycles. The second-order valence-electron chi connectivity index (χ2n) is 11.4. The summed E-state index contributed by atoms with van der Waals surface area (Å²) in [4.78, 5) is 0. The molecule has 0 bridgehead atoms. The third kappa shape index (κ3) is 8.33. The van der Waals surface area contributed by atoms with E-state index in [1.807, 2.05) is 194 Å². The number of para-hydroxylation sites is 6. The van der Waals surface area contributed by atoms with Gasteiger partial charge in [-0.1, -0.05) is 91.0 Å². The van der Waals surface area contributed by atoms with E-state index in [0.717, 1.165) is 51.4 Å². The molecule has 51 heavy (non-hydrogen) atoms. The number of nitrogens with zero attached hydrogens (tertiary/aromatic N) is 1. The van der Waals surface area contributed by atoms with Crippen molar-refractivity contribution in [1.82, 2.24) is 0 Å². The van der Waals surface area contributed by atoms with Crippen LogP contribution in [0.25, 0.3) is 0 Å². The maximum absolute atomic E-state index is 6.41. The third-order valence-electron chi connectivity index (χ3n) is 7.79. The standard InChI is InChI=1S/C43H37N5O3/c1-44-43-41(51-36-24-12-5-13-25-36)30-29-39(42(43)45-32-17-6-2-7-18-32)48(46-33-19-16-26-37(31-33)49-34-20-8-3-9-21-34)47-38-27-14-15-28-40(38)50-35-22-10-4-11-23-35/h2-31,44-47H,1H3. The van der Waals surface area contributed by atoms with Crippen LogP contribution in [0.15, 0.2) is 182 Å². The second-order valence-corrected chi connectivity index (χ2v) is 11.4. The van der Waals surface area contributed by atoms with Crippen LogP contribution in [0.1, 0.15) is 0 Å². The lowest BCUT2D eigenvalue weighted by Crippen LogP contribution is -2.36. The Morgan fingerprint density at radius 3 is 1.59 bits per heavy atom. The summed E-state index contributed by atoms with van der Waals surface area (Å²) in [5.74, 6) is 4.18. The number of anilines is 6.